The molecule has 1 aromatic rings. The van der Waals surface area contributed by atoms with Gasteiger partial charge in [0.2, 0.25) is 0 Å². The molecule has 1 saturated heterocycles. The molecule has 0 amide bonds. The van der Waals surface area contributed by atoms with Crippen molar-refractivity contribution in [1.82, 2.24) is 4.23 Å². The quantitative estimate of drug-likeness (QED) is 0.531. The van der Waals surface area contributed by atoms with Crippen molar-refractivity contribution in [1.29, 1.82) is 0 Å². The molecule has 0 bridgehead atoms. The standard InChI is InChI=1S/C16H27N2Si2.BrH.Mg/c1-19(2)13-14-20(3,4)18(19)12-8-11-16(17)15-9-6-5-7-10-15;;/h5-7,9-10H,8,11-14H2,1-4H3;1H;/q-1;;+2/p-1. The van der Waals surface area contributed by atoms with E-state index in [4.69, 9.17) is 0 Å². The predicted molar refractivity (Wildman–Crippen MR) is 100 cm³/mol. The van der Waals surface area contributed by atoms with Gasteiger partial charge in [-0.15, -0.1) is 0 Å². The summed E-state index contributed by atoms with van der Waals surface area (Å²) >= 11 is 0. The zero-order valence-corrected chi connectivity index (χ0v) is 19.4. The maximum absolute atomic E-state index is 10.2. The summed E-state index contributed by atoms with van der Waals surface area (Å²) in [6, 6.07) is 12.9. The van der Waals surface area contributed by atoms with Crippen molar-refractivity contribution < 1.29 is 17.0 Å². The fourth-order valence-corrected chi connectivity index (χ4v) is 17.7. The van der Waals surface area contributed by atoms with E-state index in [9.17, 15) is 5.41 Å². The summed E-state index contributed by atoms with van der Waals surface area (Å²) in [6.45, 7) is 11.2. The zero-order chi connectivity index (χ0) is 14.8. The summed E-state index contributed by atoms with van der Waals surface area (Å²) in [6.07, 6.45) is 1.88. The van der Waals surface area contributed by atoms with Gasteiger partial charge >= 0.3 is 23.1 Å². The molecule has 0 saturated carbocycles. The van der Waals surface area contributed by atoms with Crippen LogP contribution in [0, 0.1) is 0 Å². The predicted octanol–water partition coefficient (Wildman–Crippen LogP) is 1.17. The molecular weight excluding hydrogens is 381 g/mol. The van der Waals surface area contributed by atoms with Crippen LogP contribution in [0.1, 0.15) is 18.4 Å². The smallest absolute Gasteiger partial charge is 1.00 e. The zero-order valence-electron chi connectivity index (χ0n) is 14.4. The fourth-order valence-electron chi connectivity index (χ4n) is 3.49. The molecule has 118 valence electrons. The van der Waals surface area contributed by atoms with Gasteiger partial charge < -0.3 is 26.6 Å². The SMILES string of the molecule is C[Si]1(C)CC[Si](C)(C)N1CCCC(=[N-])c1ccccc1.[Br-].[Mg+2]. The van der Waals surface area contributed by atoms with Crippen LogP contribution in [-0.2, 0) is 0 Å². The van der Waals surface area contributed by atoms with Gasteiger partial charge in [0, 0.05) is 0 Å². The van der Waals surface area contributed by atoms with E-state index in [1.165, 1.54) is 18.6 Å². The molecule has 1 heterocycles. The van der Waals surface area contributed by atoms with E-state index in [0.29, 0.717) is 5.71 Å². The van der Waals surface area contributed by atoms with E-state index in [-0.39, 0.29) is 40.0 Å². The van der Waals surface area contributed by atoms with Crippen LogP contribution in [0.15, 0.2) is 30.3 Å². The summed E-state index contributed by atoms with van der Waals surface area (Å²) in [4.78, 5) is 0. The topological polar surface area (TPSA) is 25.5 Å². The minimum atomic E-state index is -1.15. The van der Waals surface area contributed by atoms with E-state index in [2.05, 4.69) is 30.4 Å². The third kappa shape index (κ3) is 5.56. The molecule has 0 atom stereocenters. The Hall–Kier alpha value is 0.530. The Kier molecular flexibility index (Phi) is 9.35. The fraction of sp³-hybridized carbons (Fsp3) is 0.562. The van der Waals surface area contributed by atoms with Gasteiger partial charge in [-0.3, -0.25) is 0 Å². The van der Waals surface area contributed by atoms with Crippen LogP contribution >= 0.6 is 0 Å². The molecule has 0 spiro atoms. The van der Waals surface area contributed by atoms with Crippen molar-refractivity contribution >= 4 is 45.2 Å². The number of hydrogen-bond acceptors (Lipinski definition) is 1. The van der Waals surface area contributed by atoms with Gasteiger partial charge in [0.05, 0.1) is 0 Å². The van der Waals surface area contributed by atoms with Crippen LogP contribution in [0.3, 0.4) is 0 Å². The van der Waals surface area contributed by atoms with E-state index < -0.39 is 16.5 Å². The number of hydrogen-bond donors (Lipinski definition) is 0. The summed E-state index contributed by atoms with van der Waals surface area (Å²) in [7, 11) is -2.30. The molecule has 2 rings (SSSR count). The first-order chi connectivity index (χ1) is 9.33. The molecule has 2 nitrogen and oxygen atoms in total. The Morgan fingerprint density at radius 2 is 1.55 bits per heavy atom. The van der Waals surface area contributed by atoms with Gasteiger partial charge in [0.15, 0.2) is 0 Å². The number of nitrogens with zero attached hydrogens (tertiary/aromatic N) is 2. The van der Waals surface area contributed by atoms with Crippen molar-refractivity contribution in [2.24, 2.45) is 0 Å². The maximum Gasteiger partial charge on any atom is 2.00 e. The van der Waals surface area contributed by atoms with Crippen molar-refractivity contribution in [2.75, 3.05) is 6.54 Å². The molecule has 1 aromatic carbocycles. The van der Waals surface area contributed by atoms with Gasteiger partial charge in [-0.05, 0) is 37.0 Å². The van der Waals surface area contributed by atoms with Gasteiger partial charge in [0.1, 0.15) is 16.5 Å². The first-order valence-electron chi connectivity index (χ1n) is 7.71. The van der Waals surface area contributed by atoms with Gasteiger partial charge in [-0.2, -0.15) is 5.71 Å². The van der Waals surface area contributed by atoms with Gasteiger partial charge in [-0.1, -0.05) is 56.5 Å². The minimum Gasteiger partial charge on any atom is -1.00 e. The number of halogens is 1. The first kappa shape index (κ1) is 22.5. The Morgan fingerprint density at radius 3 is 2.05 bits per heavy atom. The Labute approximate surface area is 164 Å². The molecule has 1 fully saturated rings. The monoisotopic (exact) mass is 406 g/mol. The summed E-state index contributed by atoms with van der Waals surface area (Å²) in [5, 5.41) is 10.2. The molecule has 6 heteroatoms. The molecule has 1 aliphatic heterocycles. The Morgan fingerprint density at radius 1 is 1.05 bits per heavy atom. The summed E-state index contributed by atoms with van der Waals surface area (Å²) in [5.74, 6) is 0. The molecule has 1 aliphatic rings. The van der Waals surface area contributed by atoms with Crippen LogP contribution in [-0.4, -0.2) is 56.0 Å². The molecule has 22 heavy (non-hydrogen) atoms. The first-order valence-corrected chi connectivity index (χ1v) is 14.0. The molecule has 0 radical (unpaired) electrons. The third-order valence-electron chi connectivity index (χ3n) is 4.71. The van der Waals surface area contributed by atoms with E-state index in [1.54, 1.807) is 0 Å². The molecule has 0 aliphatic carbocycles. The summed E-state index contributed by atoms with van der Waals surface area (Å²) < 4.78 is 2.89. The van der Waals surface area contributed by atoms with Crippen molar-refractivity contribution in [2.45, 2.75) is 51.1 Å². The van der Waals surface area contributed by atoms with Crippen molar-refractivity contribution in [3.8, 4) is 0 Å². The second-order valence-electron chi connectivity index (χ2n) is 7.19. The van der Waals surface area contributed by atoms with Crippen LogP contribution in [0.2, 0.25) is 38.3 Å². The Balaban J connectivity index is 0.00000220. The van der Waals surface area contributed by atoms with Crippen LogP contribution < -0.4 is 17.0 Å². The third-order valence-corrected chi connectivity index (χ3v) is 15.2. The van der Waals surface area contributed by atoms with Crippen molar-refractivity contribution in [3.05, 3.63) is 41.3 Å². The molecular formula is C16H27BrMgN2Si2. The van der Waals surface area contributed by atoms with Crippen LogP contribution in [0.4, 0.5) is 0 Å². The summed E-state index contributed by atoms with van der Waals surface area (Å²) in [5.41, 5.74) is 1.52. The average Bonchev–Trinajstić information content (AvgIpc) is 2.62. The normalized spacial score (nSPS) is 19.1. The second kappa shape index (κ2) is 9.13. The van der Waals surface area contributed by atoms with Crippen LogP contribution in [0.25, 0.3) is 5.41 Å². The number of rotatable bonds is 5. The maximum atomic E-state index is 10.2. The average molecular weight is 408 g/mol. The van der Waals surface area contributed by atoms with E-state index in [1.807, 2.05) is 30.3 Å². The molecule has 0 N–H and O–H groups in total. The van der Waals surface area contributed by atoms with Gasteiger partial charge in [-0.25, -0.2) is 0 Å². The second-order valence-corrected chi connectivity index (χ2v) is 17.0. The van der Waals surface area contributed by atoms with E-state index in [0.717, 1.165) is 18.4 Å². The van der Waals surface area contributed by atoms with E-state index >= 15 is 0 Å². The van der Waals surface area contributed by atoms with Crippen molar-refractivity contribution in [3.63, 3.8) is 0 Å². The largest absolute Gasteiger partial charge is 2.00 e. The Bertz CT molecular complexity index is 464. The molecule has 0 aromatic heterocycles. The van der Waals surface area contributed by atoms with Gasteiger partial charge in [0.25, 0.3) is 0 Å². The number of benzene rings is 1. The minimum absolute atomic E-state index is 0. The molecule has 0 unspecified atom stereocenters. The van der Waals surface area contributed by atoms with Crippen LogP contribution in [0.5, 0.6) is 0 Å².